The van der Waals surface area contributed by atoms with E-state index in [2.05, 4.69) is 16.0 Å². The molecule has 8 N–H and O–H groups in total. The van der Waals surface area contributed by atoms with Crippen molar-refractivity contribution >= 4 is 29.7 Å². The Morgan fingerprint density at radius 2 is 1.47 bits per heavy atom. The molecule has 30 heavy (non-hydrogen) atoms. The van der Waals surface area contributed by atoms with E-state index >= 15 is 0 Å². The van der Waals surface area contributed by atoms with E-state index in [4.69, 9.17) is 10.2 Å². The van der Waals surface area contributed by atoms with Crippen LogP contribution in [0.4, 0.5) is 0 Å². The lowest BCUT2D eigenvalue weighted by Crippen LogP contribution is -2.61. The molecule has 0 aliphatic carbocycles. The van der Waals surface area contributed by atoms with Gasteiger partial charge in [0.25, 0.3) is 0 Å². The minimum Gasteiger partial charge on any atom is -0.481 e. The number of carboxylic acid groups (broad SMARTS) is 2. The van der Waals surface area contributed by atoms with Crippen LogP contribution in [-0.4, -0.2) is 93.0 Å². The minimum atomic E-state index is -1.78. The largest absolute Gasteiger partial charge is 0.481 e. The van der Waals surface area contributed by atoms with E-state index in [1.165, 1.54) is 6.92 Å². The van der Waals surface area contributed by atoms with E-state index in [0.29, 0.717) is 13.0 Å². The van der Waals surface area contributed by atoms with Crippen molar-refractivity contribution in [3.63, 3.8) is 0 Å². The van der Waals surface area contributed by atoms with Gasteiger partial charge in [-0.25, -0.2) is 4.79 Å². The lowest BCUT2D eigenvalue weighted by atomic mass is 10.1. The Hall–Kier alpha value is -2.77. The maximum atomic E-state index is 12.5. The van der Waals surface area contributed by atoms with E-state index in [-0.39, 0.29) is 0 Å². The van der Waals surface area contributed by atoms with Gasteiger partial charge in [0.2, 0.25) is 17.7 Å². The molecule has 0 bridgehead atoms. The molecule has 1 rings (SSSR count). The summed E-state index contributed by atoms with van der Waals surface area (Å²) in [6.45, 7) is 3.03. The van der Waals surface area contributed by atoms with Crippen molar-refractivity contribution in [2.24, 2.45) is 0 Å². The van der Waals surface area contributed by atoms with E-state index in [1.54, 1.807) is 0 Å². The lowest BCUT2D eigenvalue weighted by Gasteiger charge is -2.27. The third-order valence-corrected chi connectivity index (χ3v) is 4.50. The smallest absolute Gasteiger partial charge is 0.326 e. The third-order valence-electron chi connectivity index (χ3n) is 4.50. The fraction of sp³-hybridized carbons (Fsp3) is 0.706. The Bertz CT molecular complexity index is 662. The predicted octanol–water partition coefficient (Wildman–Crippen LogP) is -3.49. The molecule has 3 amide bonds. The summed E-state index contributed by atoms with van der Waals surface area (Å²) < 4.78 is 0. The van der Waals surface area contributed by atoms with Gasteiger partial charge in [0.1, 0.15) is 18.1 Å². The Kier molecular flexibility index (Phi) is 9.62. The highest BCUT2D eigenvalue weighted by atomic mass is 16.4. The predicted molar refractivity (Wildman–Crippen MR) is 100 cm³/mol. The molecule has 0 radical (unpaired) electrons. The molecule has 13 nitrogen and oxygen atoms in total. The summed E-state index contributed by atoms with van der Waals surface area (Å²) in [6.07, 6.45) is -2.42. The van der Waals surface area contributed by atoms with Crippen LogP contribution in [0.15, 0.2) is 0 Å². The van der Waals surface area contributed by atoms with Crippen molar-refractivity contribution < 1.29 is 44.4 Å². The van der Waals surface area contributed by atoms with Gasteiger partial charge in [-0.1, -0.05) is 0 Å². The van der Waals surface area contributed by atoms with Crippen LogP contribution in [0.2, 0.25) is 0 Å². The number of nitrogens with one attached hydrogen (secondary N) is 4. The van der Waals surface area contributed by atoms with Crippen LogP contribution in [0.25, 0.3) is 0 Å². The topological polar surface area (TPSA) is 214 Å². The van der Waals surface area contributed by atoms with Gasteiger partial charge in [-0.3, -0.25) is 19.2 Å². The first kappa shape index (κ1) is 25.3. The maximum absolute atomic E-state index is 12.5. The molecule has 1 aliphatic heterocycles. The number of carbonyl (C=O) groups excluding carboxylic acids is 3. The van der Waals surface area contributed by atoms with Crippen LogP contribution < -0.4 is 21.3 Å². The number of carbonyl (C=O) groups is 5. The average Bonchev–Trinajstić information content (AvgIpc) is 3.16. The molecule has 0 aromatic carbocycles. The first-order chi connectivity index (χ1) is 13.9. The van der Waals surface area contributed by atoms with Crippen molar-refractivity contribution in [3.8, 4) is 0 Å². The molecule has 0 spiro atoms. The Morgan fingerprint density at radius 1 is 0.933 bits per heavy atom. The zero-order valence-electron chi connectivity index (χ0n) is 16.6. The third kappa shape index (κ3) is 7.57. The molecular formula is C17H28N4O9. The van der Waals surface area contributed by atoms with Crippen LogP contribution >= 0.6 is 0 Å². The van der Waals surface area contributed by atoms with E-state index < -0.39 is 72.5 Å². The number of hydrogen-bond acceptors (Lipinski definition) is 8. The summed E-state index contributed by atoms with van der Waals surface area (Å²) in [5.41, 5.74) is 0. The van der Waals surface area contributed by atoms with Gasteiger partial charge in [-0.2, -0.15) is 0 Å². The normalized spacial score (nSPS) is 20.9. The number of rotatable bonds is 11. The number of amides is 3. The second-order valence-corrected chi connectivity index (χ2v) is 7.10. The molecule has 0 aromatic rings. The van der Waals surface area contributed by atoms with Crippen molar-refractivity contribution in [3.05, 3.63) is 0 Å². The lowest BCUT2D eigenvalue weighted by molar-refractivity contribution is -0.148. The Morgan fingerprint density at radius 3 is 1.90 bits per heavy atom. The van der Waals surface area contributed by atoms with Crippen LogP contribution in [-0.2, 0) is 24.0 Å². The zero-order valence-corrected chi connectivity index (χ0v) is 16.6. The molecule has 170 valence electrons. The number of aliphatic hydroxyl groups excluding tert-OH is 2. The molecule has 0 saturated carbocycles. The van der Waals surface area contributed by atoms with Gasteiger partial charge >= 0.3 is 11.9 Å². The van der Waals surface area contributed by atoms with Crippen LogP contribution in [0.1, 0.15) is 33.1 Å². The highest BCUT2D eigenvalue weighted by molar-refractivity contribution is 5.95. The molecule has 1 aliphatic rings. The van der Waals surface area contributed by atoms with E-state index in [0.717, 1.165) is 13.3 Å². The standard InChI is InChI=1S/C17H28N4O9/c1-7(22)12(15(27)19-10(17(29)30)6-11(24)25)21-16(28)13(8(2)23)20-14(26)9-4-3-5-18-9/h7-10,12-13,18,22-23H,3-6H2,1-2H3,(H,19,27)(H,20,26)(H,21,28)(H,24,25)(H,29,30). The molecule has 6 unspecified atom stereocenters. The minimum absolute atomic E-state index is 0.515. The number of hydrogen-bond donors (Lipinski definition) is 8. The molecule has 1 saturated heterocycles. The maximum Gasteiger partial charge on any atom is 0.326 e. The van der Waals surface area contributed by atoms with Crippen molar-refractivity contribution in [2.45, 2.75) is 69.5 Å². The number of aliphatic carboxylic acids is 2. The fourth-order valence-corrected chi connectivity index (χ4v) is 2.85. The highest BCUT2D eigenvalue weighted by Gasteiger charge is 2.35. The summed E-state index contributed by atoms with van der Waals surface area (Å²) in [5.74, 6) is -5.72. The van der Waals surface area contributed by atoms with E-state index in [9.17, 15) is 34.2 Å². The van der Waals surface area contributed by atoms with Crippen LogP contribution in [0.5, 0.6) is 0 Å². The first-order valence-corrected chi connectivity index (χ1v) is 9.39. The highest BCUT2D eigenvalue weighted by Crippen LogP contribution is 2.06. The Labute approximate surface area is 172 Å². The van der Waals surface area contributed by atoms with Gasteiger partial charge in [0.15, 0.2) is 0 Å². The van der Waals surface area contributed by atoms with Crippen molar-refractivity contribution in [2.75, 3.05) is 6.54 Å². The van der Waals surface area contributed by atoms with Crippen LogP contribution in [0.3, 0.4) is 0 Å². The summed E-state index contributed by atoms with van der Waals surface area (Å²) in [6, 6.07) is -5.41. The van der Waals surface area contributed by atoms with Gasteiger partial charge in [-0.15, -0.1) is 0 Å². The van der Waals surface area contributed by atoms with Crippen LogP contribution in [0, 0.1) is 0 Å². The number of aliphatic hydroxyl groups is 2. The fourth-order valence-electron chi connectivity index (χ4n) is 2.85. The van der Waals surface area contributed by atoms with Gasteiger partial charge < -0.3 is 41.7 Å². The quantitative estimate of drug-likeness (QED) is 0.161. The second-order valence-electron chi connectivity index (χ2n) is 7.10. The summed E-state index contributed by atoms with van der Waals surface area (Å²) in [5, 5.41) is 46.9. The monoisotopic (exact) mass is 432 g/mol. The zero-order chi connectivity index (χ0) is 23.0. The van der Waals surface area contributed by atoms with E-state index in [1.807, 2.05) is 5.32 Å². The van der Waals surface area contributed by atoms with Crippen molar-refractivity contribution in [1.29, 1.82) is 0 Å². The van der Waals surface area contributed by atoms with Gasteiger partial charge in [-0.05, 0) is 33.2 Å². The summed E-state index contributed by atoms with van der Waals surface area (Å²) >= 11 is 0. The molecular weight excluding hydrogens is 404 g/mol. The SMILES string of the molecule is CC(O)C(NC(=O)C1CCCN1)C(=O)NC(C(=O)NC(CC(=O)O)C(=O)O)C(C)O. The molecule has 1 heterocycles. The van der Waals surface area contributed by atoms with Gasteiger partial charge in [0.05, 0.1) is 24.7 Å². The first-order valence-electron chi connectivity index (χ1n) is 9.39. The second kappa shape index (κ2) is 11.4. The molecule has 1 fully saturated rings. The van der Waals surface area contributed by atoms with Gasteiger partial charge in [0, 0.05) is 0 Å². The average molecular weight is 432 g/mol. The Balaban J connectivity index is 2.85. The van der Waals surface area contributed by atoms with Crippen molar-refractivity contribution in [1.82, 2.24) is 21.3 Å². The molecule has 13 heteroatoms. The molecule has 0 aromatic heterocycles. The summed E-state index contributed by atoms with van der Waals surface area (Å²) in [7, 11) is 0. The molecule has 6 atom stereocenters. The summed E-state index contributed by atoms with van der Waals surface area (Å²) in [4.78, 5) is 59.0. The number of carboxylic acids is 2.